The third-order valence-corrected chi connectivity index (χ3v) is 5.00. The van der Waals surface area contributed by atoms with Gasteiger partial charge in [-0.1, -0.05) is 30.3 Å². The number of pyridine rings is 1. The van der Waals surface area contributed by atoms with E-state index in [1.807, 2.05) is 6.07 Å². The Bertz CT molecular complexity index is 1340. The maximum atomic E-state index is 14.0. The lowest BCUT2D eigenvalue weighted by atomic mass is 9.92. The quantitative estimate of drug-likeness (QED) is 0.352. The molecule has 1 unspecified atom stereocenters. The molecular weight excluding hydrogens is 430 g/mol. The topological polar surface area (TPSA) is 158 Å². The van der Waals surface area contributed by atoms with Crippen LogP contribution in [0.4, 0.5) is 26.1 Å². The van der Waals surface area contributed by atoms with Crippen molar-refractivity contribution in [1.29, 1.82) is 10.5 Å². The molecule has 0 fully saturated rings. The monoisotopic (exact) mass is 446 g/mol. The highest BCUT2D eigenvalue weighted by Crippen LogP contribution is 2.41. The summed E-state index contributed by atoms with van der Waals surface area (Å²) in [4.78, 5) is 8.70. The Morgan fingerprint density at radius 2 is 1.82 bits per heavy atom. The predicted octanol–water partition coefficient (Wildman–Crippen LogP) is 2.92. The molecule has 0 amide bonds. The maximum Gasteiger partial charge on any atom is 0.211 e. The second kappa shape index (κ2) is 8.69. The summed E-state index contributed by atoms with van der Waals surface area (Å²) >= 11 is 0. The number of hydrogen-bond acceptors (Lipinski definition) is 9. The number of anilines is 3. The zero-order chi connectivity index (χ0) is 23.5. The van der Waals surface area contributed by atoms with Crippen LogP contribution in [0.1, 0.15) is 28.3 Å². The molecule has 1 aliphatic rings. The van der Waals surface area contributed by atoms with E-state index in [0.29, 0.717) is 16.7 Å². The number of nitrogen functional groups attached to an aromatic ring is 2. The number of fused-ring (bicyclic) bond motifs is 1. The standard InChI is InChI=1S/C22H16F2N8O/c23-14-6-3-7-15(24)19(14)33-9-11-4-1-2-5-12(11)18-16-17(27)13(8-25)20(28)31-21(16)32-22(30-18)29-10-26/h1-7,18H,9H2,(H6,27,28,29,30,31,32). The molecule has 1 aromatic heterocycles. The summed E-state index contributed by atoms with van der Waals surface area (Å²) in [5.41, 5.74) is 13.7. The van der Waals surface area contributed by atoms with E-state index >= 15 is 0 Å². The van der Waals surface area contributed by atoms with Crippen molar-refractivity contribution in [3.63, 3.8) is 0 Å². The van der Waals surface area contributed by atoms with Crippen molar-refractivity contribution in [3.05, 3.63) is 76.4 Å². The number of halogens is 2. The van der Waals surface area contributed by atoms with E-state index in [-0.39, 0.29) is 35.5 Å². The molecule has 0 saturated carbocycles. The van der Waals surface area contributed by atoms with E-state index < -0.39 is 23.4 Å². The van der Waals surface area contributed by atoms with Gasteiger partial charge in [-0.25, -0.2) is 18.8 Å². The maximum absolute atomic E-state index is 14.0. The molecule has 4 rings (SSSR count). The van der Waals surface area contributed by atoms with Gasteiger partial charge in [0.2, 0.25) is 5.96 Å². The Balaban J connectivity index is 1.81. The number of benzene rings is 2. The van der Waals surface area contributed by atoms with E-state index in [4.69, 9.17) is 21.5 Å². The van der Waals surface area contributed by atoms with Gasteiger partial charge in [0, 0.05) is 5.56 Å². The van der Waals surface area contributed by atoms with Crippen LogP contribution >= 0.6 is 0 Å². The summed E-state index contributed by atoms with van der Waals surface area (Å²) in [5, 5.41) is 23.7. The number of hydrogen-bond donors (Lipinski definition) is 4. The van der Waals surface area contributed by atoms with Gasteiger partial charge in [0.1, 0.15) is 35.9 Å². The van der Waals surface area contributed by atoms with Crippen LogP contribution < -0.4 is 26.8 Å². The summed E-state index contributed by atoms with van der Waals surface area (Å²) in [6.07, 6.45) is 1.77. The lowest BCUT2D eigenvalue weighted by Crippen LogP contribution is -2.33. The summed E-state index contributed by atoms with van der Waals surface area (Å²) < 4.78 is 33.5. The average Bonchev–Trinajstić information content (AvgIpc) is 2.79. The van der Waals surface area contributed by atoms with Crippen LogP contribution in [0.25, 0.3) is 0 Å². The Morgan fingerprint density at radius 1 is 1.09 bits per heavy atom. The second-order valence-corrected chi connectivity index (χ2v) is 6.94. The van der Waals surface area contributed by atoms with Gasteiger partial charge in [-0.15, -0.1) is 0 Å². The van der Waals surface area contributed by atoms with Crippen LogP contribution in [0.3, 0.4) is 0 Å². The van der Waals surface area contributed by atoms with E-state index in [1.54, 1.807) is 30.5 Å². The summed E-state index contributed by atoms with van der Waals surface area (Å²) in [5.74, 6) is -1.94. The Kier molecular flexibility index (Phi) is 5.62. The van der Waals surface area contributed by atoms with Crippen molar-refractivity contribution >= 4 is 23.3 Å². The van der Waals surface area contributed by atoms with Crippen molar-refractivity contribution in [2.75, 3.05) is 16.8 Å². The number of aromatic nitrogens is 1. The highest BCUT2D eigenvalue weighted by molar-refractivity contribution is 5.98. The molecule has 1 aliphatic heterocycles. The number of nitrogens with one attached hydrogen (secondary N) is 2. The fraction of sp³-hybridized carbons (Fsp3) is 0.0909. The van der Waals surface area contributed by atoms with Gasteiger partial charge in [-0.3, -0.25) is 5.32 Å². The minimum Gasteiger partial charge on any atom is -0.483 e. The molecule has 11 heteroatoms. The molecule has 6 N–H and O–H groups in total. The van der Waals surface area contributed by atoms with Gasteiger partial charge < -0.3 is 21.5 Å². The molecule has 9 nitrogen and oxygen atoms in total. The molecule has 33 heavy (non-hydrogen) atoms. The van der Waals surface area contributed by atoms with Gasteiger partial charge in [0.15, 0.2) is 23.6 Å². The Hall–Kier alpha value is -4.90. The first kappa shape index (κ1) is 21.3. The molecule has 164 valence electrons. The zero-order valence-electron chi connectivity index (χ0n) is 16.9. The second-order valence-electron chi connectivity index (χ2n) is 6.94. The third-order valence-electron chi connectivity index (χ3n) is 5.00. The summed E-state index contributed by atoms with van der Waals surface area (Å²) in [6.45, 7) is -0.183. The molecular formula is C22H16F2N8O. The van der Waals surface area contributed by atoms with Crippen molar-refractivity contribution < 1.29 is 13.5 Å². The lowest BCUT2D eigenvalue weighted by molar-refractivity contribution is 0.273. The van der Waals surface area contributed by atoms with Crippen molar-refractivity contribution in [1.82, 2.24) is 10.3 Å². The van der Waals surface area contributed by atoms with Crippen LogP contribution in [-0.2, 0) is 6.61 Å². The van der Waals surface area contributed by atoms with Crippen LogP contribution in [-0.4, -0.2) is 10.9 Å². The SMILES string of the molecule is N#CNC1=NC(c2ccccc2COc2c(F)cccc2F)c2c(nc(N)c(C#N)c2N)N1. The summed E-state index contributed by atoms with van der Waals surface area (Å²) in [7, 11) is 0. The van der Waals surface area contributed by atoms with E-state index in [1.165, 1.54) is 6.07 Å². The number of para-hydroxylation sites is 1. The molecule has 2 aromatic carbocycles. The number of nitrogens with zero attached hydrogens (tertiary/aromatic N) is 4. The Labute approximate surface area is 186 Å². The van der Waals surface area contributed by atoms with Gasteiger partial charge in [0.25, 0.3) is 0 Å². The minimum absolute atomic E-state index is 0.00500. The molecule has 3 aromatic rings. The van der Waals surface area contributed by atoms with Gasteiger partial charge in [-0.2, -0.15) is 10.5 Å². The predicted molar refractivity (Wildman–Crippen MR) is 117 cm³/mol. The zero-order valence-corrected chi connectivity index (χ0v) is 16.9. The highest BCUT2D eigenvalue weighted by Gasteiger charge is 2.31. The van der Waals surface area contributed by atoms with Crippen LogP contribution in [0.15, 0.2) is 47.5 Å². The van der Waals surface area contributed by atoms with E-state index in [2.05, 4.69) is 20.6 Å². The van der Waals surface area contributed by atoms with Gasteiger partial charge in [-0.05, 0) is 23.3 Å². The number of aliphatic imine (C=N–C) groups is 1. The number of guanidine groups is 1. The van der Waals surface area contributed by atoms with Crippen LogP contribution in [0.5, 0.6) is 5.75 Å². The largest absolute Gasteiger partial charge is 0.483 e. The van der Waals surface area contributed by atoms with Crippen molar-refractivity contribution in [2.45, 2.75) is 12.6 Å². The molecule has 0 bridgehead atoms. The molecule has 0 radical (unpaired) electrons. The molecule has 0 aliphatic carbocycles. The van der Waals surface area contributed by atoms with Crippen molar-refractivity contribution in [3.8, 4) is 18.0 Å². The fourth-order valence-corrected chi connectivity index (χ4v) is 3.51. The van der Waals surface area contributed by atoms with Crippen LogP contribution in [0, 0.1) is 34.4 Å². The number of ether oxygens (including phenoxy) is 1. The normalized spacial score (nSPS) is 14.2. The van der Waals surface area contributed by atoms with Gasteiger partial charge >= 0.3 is 0 Å². The number of nitriles is 2. The first-order valence-corrected chi connectivity index (χ1v) is 9.58. The smallest absolute Gasteiger partial charge is 0.211 e. The first-order valence-electron chi connectivity index (χ1n) is 9.58. The lowest BCUT2D eigenvalue weighted by Gasteiger charge is -2.27. The third kappa shape index (κ3) is 3.91. The first-order chi connectivity index (χ1) is 15.9. The summed E-state index contributed by atoms with van der Waals surface area (Å²) in [6, 6.07) is 11.4. The Morgan fingerprint density at radius 3 is 2.52 bits per heavy atom. The van der Waals surface area contributed by atoms with E-state index in [0.717, 1.165) is 12.1 Å². The minimum atomic E-state index is -0.833. The number of rotatable bonds is 4. The van der Waals surface area contributed by atoms with E-state index in [9.17, 15) is 14.0 Å². The highest BCUT2D eigenvalue weighted by atomic mass is 19.1. The molecule has 1 atom stereocenters. The van der Waals surface area contributed by atoms with Crippen LogP contribution in [0.2, 0.25) is 0 Å². The molecule has 0 spiro atoms. The van der Waals surface area contributed by atoms with Gasteiger partial charge in [0.05, 0.1) is 5.69 Å². The number of nitrogens with two attached hydrogens (primary N) is 2. The fourth-order valence-electron chi connectivity index (χ4n) is 3.51. The average molecular weight is 446 g/mol. The van der Waals surface area contributed by atoms with Crippen molar-refractivity contribution in [2.24, 2.45) is 4.99 Å². The molecule has 0 saturated heterocycles. The molecule has 2 heterocycles.